The summed E-state index contributed by atoms with van der Waals surface area (Å²) in [4.78, 5) is 23.3. The lowest BCUT2D eigenvalue weighted by molar-refractivity contribution is -0.141. The van der Waals surface area contributed by atoms with E-state index in [0.29, 0.717) is 6.42 Å². The molecule has 4 heteroatoms. The normalized spacial score (nSPS) is 12.0. The maximum absolute atomic E-state index is 12.0. The van der Waals surface area contributed by atoms with Gasteiger partial charge in [0, 0.05) is 6.42 Å². The van der Waals surface area contributed by atoms with Crippen LogP contribution in [-0.4, -0.2) is 23.0 Å². The van der Waals surface area contributed by atoms with Crippen LogP contribution in [0.2, 0.25) is 0 Å². The number of nitrogens with one attached hydrogen (secondary N) is 1. The molecule has 24 heavy (non-hydrogen) atoms. The van der Waals surface area contributed by atoms with Crippen molar-refractivity contribution in [2.45, 2.75) is 25.3 Å². The molecule has 0 radical (unpaired) electrons. The third-order valence-electron chi connectivity index (χ3n) is 3.60. The summed E-state index contributed by atoms with van der Waals surface area (Å²) in [6.45, 7) is 0. The third-order valence-corrected chi connectivity index (χ3v) is 3.60. The molecule has 1 amide bonds. The van der Waals surface area contributed by atoms with Crippen LogP contribution < -0.4 is 5.32 Å². The Balaban J connectivity index is 1.83. The van der Waals surface area contributed by atoms with Gasteiger partial charge in [-0.15, -0.1) is 0 Å². The molecule has 0 aliphatic carbocycles. The topological polar surface area (TPSA) is 66.4 Å². The maximum atomic E-state index is 12.0. The highest BCUT2D eigenvalue weighted by molar-refractivity contribution is 5.83. The number of carboxylic acid groups (broad SMARTS) is 1. The Kier molecular flexibility index (Phi) is 6.77. The molecule has 2 aromatic rings. The van der Waals surface area contributed by atoms with Gasteiger partial charge in [-0.3, -0.25) is 4.79 Å². The van der Waals surface area contributed by atoms with E-state index in [9.17, 15) is 14.7 Å². The Morgan fingerprint density at radius 2 is 1.62 bits per heavy atom. The van der Waals surface area contributed by atoms with Gasteiger partial charge in [-0.25, -0.2) is 4.79 Å². The van der Waals surface area contributed by atoms with Crippen molar-refractivity contribution < 1.29 is 14.7 Å². The van der Waals surface area contributed by atoms with Crippen LogP contribution in [0, 0.1) is 0 Å². The highest BCUT2D eigenvalue weighted by Crippen LogP contribution is 2.05. The number of hydrogen-bond acceptors (Lipinski definition) is 2. The molecule has 0 spiro atoms. The van der Waals surface area contributed by atoms with Gasteiger partial charge >= 0.3 is 5.97 Å². The minimum absolute atomic E-state index is 0.251. The summed E-state index contributed by atoms with van der Waals surface area (Å²) in [5.41, 5.74) is 2.06. The van der Waals surface area contributed by atoms with E-state index >= 15 is 0 Å². The first-order valence-electron chi connectivity index (χ1n) is 7.93. The average molecular weight is 323 g/mol. The highest BCUT2D eigenvalue weighted by atomic mass is 16.4. The Labute approximate surface area is 141 Å². The number of hydrogen-bond donors (Lipinski definition) is 2. The Bertz CT molecular complexity index is 681. The molecule has 2 N–H and O–H groups in total. The van der Waals surface area contributed by atoms with Gasteiger partial charge in [0.2, 0.25) is 5.91 Å². The van der Waals surface area contributed by atoms with E-state index in [1.807, 2.05) is 66.7 Å². The van der Waals surface area contributed by atoms with Crippen molar-refractivity contribution in [3.8, 4) is 0 Å². The summed E-state index contributed by atoms with van der Waals surface area (Å²) >= 11 is 0. The fourth-order valence-corrected chi connectivity index (χ4v) is 2.29. The number of aliphatic carboxylic acids is 1. The van der Waals surface area contributed by atoms with Crippen LogP contribution in [0.4, 0.5) is 0 Å². The minimum atomic E-state index is -1.03. The fraction of sp³-hybridized carbons (Fsp3) is 0.200. The van der Waals surface area contributed by atoms with Crippen molar-refractivity contribution in [1.82, 2.24) is 5.32 Å². The van der Waals surface area contributed by atoms with E-state index in [-0.39, 0.29) is 18.7 Å². The van der Waals surface area contributed by atoms with E-state index in [2.05, 4.69) is 5.32 Å². The number of rotatable bonds is 8. The molecule has 0 unspecified atom stereocenters. The summed E-state index contributed by atoms with van der Waals surface area (Å²) in [5.74, 6) is -1.28. The molecular formula is C20H21NO3. The number of benzene rings is 2. The zero-order valence-corrected chi connectivity index (χ0v) is 13.4. The third kappa shape index (κ3) is 6.08. The lowest BCUT2D eigenvalue weighted by atomic mass is 10.1. The zero-order chi connectivity index (χ0) is 17.2. The smallest absolute Gasteiger partial charge is 0.326 e. The molecule has 124 valence electrons. The van der Waals surface area contributed by atoms with Crippen LogP contribution in [0.15, 0.2) is 66.7 Å². The lowest BCUT2D eigenvalue weighted by Crippen LogP contribution is -2.40. The number of amides is 1. The highest BCUT2D eigenvalue weighted by Gasteiger charge is 2.18. The summed E-state index contributed by atoms with van der Waals surface area (Å²) in [5, 5.41) is 11.8. The molecular weight excluding hydrogens is 302 g/mol. The molecule has 0 aromatic heterocycles. The molecule has 0 saturated heterocycles. The van der Waals surface area contributed by atoms with Crippen molar-refractivity contribution >= 4 is 18.0 Å². The number of aryl methyl sites for hydroxylation is 1. The Morgan fingerprint density at radius 3 is 2.25 bits per heavy atom. The molecule has 2 rings (SSSR count). The van der Waals surface area contributed by atoms with Crippen molar-refractivity contribution in [2.24, 2.45) is 0 Å². The fourth-order valence-electron chi connectivity index (χ4n) is 2.29. The molecule has 2 aromatic carbocycles. The monoisotopic (exact) mass is 323 g/mol. The van der Waals surface area contributed by atoms with Gasteiger partial charge < -0.3 is 10.4 Å². The lowest BCUT2D eigenvalue weighted by Gasteiger charge is -2.12. The minimum Gasteiger partial charge on any atom is -0.480 e. The maximum Gasteiger partial charge on any atom is 0.326 e. The van der Waals surface area contributed by atoms with E-state index in [1.54, 1.807) is 6.08 Å². The van der Waals surface area contributed by atoms with Crippen molar-refractivity contribution in [3.05, 3.63) is 77.9 Å². The number of carbonyl (C=O) groups is 2. The first-order valence-corrected chi connectivity index (χ1v) is 7.93. The van der Waals surface area contributed by atoms with Crippen molar-refractivity contribution in [3.63, 3.8) is 0 Å². The molecule has 0 aliphatic rings. The van der Waals surface area contributed by atoms with Crippen LogP contribution in [-0.2, 0) is 16.0 Å². The summed E-state index contributed by atoms with van der Waals surface area (Å²) in [6, 6.07) is 18.4. The van der Waals surface area contributed by atoms with E-state index < -0.39 is 12.0 Å². The van der Waals surface area contributed by atoms with E-state index in [4.69, 9.17) is 0 Å². The summed E-state index contributed by atoms with van der Waals surface area (Å²) < 4.78 is 0. The van der Waals surface area contributed by atoms with Gasteiger partial charge in [-0.2, -0.15) is 0 Å². The molecule has 1 atom stereocenters. The van der Waals surface area contributed by atoms with Crippen LogP contribution in [0.1, 0.15) is 24.0 Å². The van der Waals surface area contributed by atoms with Crippen molar-refractivity contribution in [2.75, 3.05) is 0 Å². The van der Waals surface area contributed by atoms with Gasteiger partial charge in [0.25, 0.3) is 0 Å². The van der Waals surface area contributed by atoms with Crippen molar-refractivity contribution in [1.29, 1.82) is 0 Å². The molecule has 0 heterocycles. The molecule has 0 bridgehead atoms. The van der Waals surface area contributed by atoms with E-state index in [0.717, 1.165) is 11.1 Å². The quantitative estimate of drug-likeness (QED) is 0.783. The van der Waals surface area contributed by atoms with Gasteiger partial charge in [0.05, 0.1) is 0 Å². The first-order chi connectivity index (χ1) is 11.6. The molecule has 4 nitrogen and oxygen atoms in total. The number of carboxylic acids is 1. The van der Waals surface area contributed by atoms with Gasteiger partial charge in [-0.1, -0.05) is 72.8 Å². The second-order valence-corrected chi connectivity index (χ2v) is 5.49. The van der Waals surface area contributed by atoms with Gasteiger partial charge in [0.1, 0.15) is 6.04 Å². The second-order valence-electron chi connectivity index (χ2n) is 5.49. The molecule has 0 aliphatic heterocycles. The first kappa shape index (κ1) is 17.5. The largest absolute Gasteiger partial charge is 0.480 e. The molecule has 0 saturated carbocycles. The predicted molar refractivity (Wildman–Crippen MR) is 94.4 cm³/mol. The summed E-state index contributed by atoms with van der Waals surface area (Å²) in [7, 11) is 0. The van der Waals surface area contributed by atoms with Gasteiger partial charge in [-0.05, 0) is 24.0 Å². The standard InChI is InChI=1S/C20H21NO3/c22-19(15-14-17-10-5-2-6-11-17)21-18(20(23)24)13-7-12-16-8-3-1-4-9-16/h1-12,18H,13-15H2,(H,21,22)(H,23,24)/b12-7+/t18-/m0/s1. The van der Waals surface area contributed by atoms with Crippen LogP contribution in [0.5, 0.6) is 0 Å². The second kappa shape index (κ2) is 9.30. The average Bonchev–Trinajstić information content (AvgIpc) is 2.61. The summed E-state index contributed by atoms with van der Waals surface area (Å²) in [6.07, 6.45) is 4.74. The predicted octanol–water partition coefficient (Wildman–Crippen LogP) is 3.29. The Hall–Kier alpha value is -2.88. The van der Waals surface area contributed by atoms with Crippen LogP contribution in [0.25, 0.3) is 6.08 Å². The SMILES string of the molecule is O=C(CCc1ccccc1)N[C@@H](C/C=C/c1ccccc1)C(=O)O. The zero-order valence-electron chi connectivity index (χ0n) is 13.4. The van der Waals surface area contributed by atoms with E-state index in [1.165, 1.54) is 0 Å². The number of carbonyl (C=O) groups excluding carboxylic acids is 1. The molecule has 0 fully saturated rings. The van der Waals surface area contributed by atoms with Crippen LogP contribution in [0.3, 0.4) is 0 Å². The Morgan fingerprint density at radius 1 is 1.00 bits per heavy atom. The van der Waals surface area contributed by atoms with Crippen LogP contribution >= 0.6 is 0 Å². The van der Waals surface area contributed by atoms with Gasteiger partial charge in [0.15, 0.2) is 0 Å².